The summed E-state index contributed by atoms with van der Waals surface area (Å²) in [7, 11) is -3.62. The van der Waals surface area contributed by atoms with Gasteiger partial charge in [0.05, 0.1) is 22.2 Å². The number of hydrogen-bond acceptors (Lipinski definition) is 6. The highest BCUT2D eigenvalue weighted by molar-refractivity contribution is 7.89. The Kier molecular flexibility index (Phi) is 6.32. The number of nitriles is 1. The number of nitrogens with one attached hydrogen (secondary N) is 1. The van der Waals surface area contributed by atoms with Crippen LogP contribution in [0, 0.1) is 17.1 Å². The predicted octanol–water partition coefficient (Wildman–Crippen LogP) is 3.39. The zero-order valence-corrected chi connectivity index (χ0v) is 17.7. The van der Waals surface area contributed by atoms with Crippen LogP contribution in [0.15, 0.2) is 51.9 Å². The topological polar surface area (TPSA) is 99.2 Å². The second-order valence-electron chi connectivity index (χ2n) is 7.72. The molecule has 1 N–H and O–H groups in total. The Morgan fingerprint density at radius 2 is 2.03 bits per heavy atom. The third kappa shape index (κ3) is 4.93. The van der Waals surface area contributed by atoms with Crippen molar-refractivity contribution in [3.63, 3.8) is 0 Å². The van der Waals surface area contributed by atoms with Crippen molar-refractivity contribution in [1.29, 1.82) is 5.26 Å². The average molecular weight is 443 g/mol. The van der Waals surface area contributed by atoms with Gasteiger partial charge in [0.25, 0.3) is 0 Å². The number of halogens is 1. The quantitative estimate of drug-likeness (QED) is 0.563. The van der Waals surface area contributed by atoms with Gasteiger partial charge in [-0.2, -0.15) is 5.26 Å². The first-order chi connectivity index (χ1) is 15.0. The number of rotatable bonds is 7. The summed E-state index contributed by atoms with van der Waals surface area (Å²) in [5, 5.41) is 14.0. The molecule has 0 bridgehead atoms. The van der Waals surface area contributed by atoms with Crippen molar-refractivity contribution in [3.05, 3.63) is 59.5 Å². The van der Waals surface area contributed by atoms with Crippen molar-refractivity contribution >= 4 is 21.0 Å². The molecule has 0 aliphatic carbocycles. The van der Waals surface area contributed by atoms with Crippen molar-refractivity contribution in [2.24, 2.45) is 0 Å². The fourth-order valence-corrected chi connectivity index (χ4v) is 5.10. The minimum atomic E-state index is -3.62. The van der Waals surface area contributed by atoms with E-state index in [1.807, 2.05) is 6.07 Å². The highest BCUT2D eigenvalue weighted by Crippen LogP contribution is 2.32. The Morgan fingerprint density at radius 1 is 1.23 bits per heavy atom. The van der Waals surface area contributed by atoms with Gasteiger partial charge in [0.1, 0.15) is 5.82 Å². The van der Waals surface area contributed by atoms with E-state index in [0.29, 0.717) is 24.1 Å². The molecule has 2 aromatic carbocycles. The summed E-state index contributed by atoms with van der Waals surface area (Å²) in [6.45, 7) is 2.89. The number of sulfonamides is 1. The van der Waals surface area contributed by atoms with Gasteiger partial charge in [-0.15, -0.1) is 0 Å². The molecule has 0 saturated carbocycles. The van der Waals surface area contributed by atoms with Gasteiger partial charge in [0.2, 0.25) is 10.0 Å². The van der Waals surface area contributed by atoms with E-state index < -0.39 is 10.0 Å². The maximum atomic E-state index is 13.3. The highest BCUT2D eigenvalue weighted by Gasteiger charge is 2.25. The average Bonchev–Trinajstić information content (AvgIpc) is 3.20. The van der Waals surface area contributed by atoms with Crippen LogP contribution in [-0.4, -0.2) is 44.7 Å². The van der Waals surface area contributed by atoms with Crippen LogP contribution in [0.4, 0.5) is 4.39 Å². The van der Waals surface area contributed by atoms with E-state index in [-0.39, 0.29) is 16.6 Å². The van der Waals surface area contributed by atoms with E-state index in [0.717, 1.165) is 43.6 Å². The third-order valence-corrected chi connectivity index (χ3v) is 7.11. The predicted molar refractivity (Wildman–Crippen MR) is 113 cm³/mol. The fraction of sp³-hybridized carbons (Fsp3) is 0.364. The van der Waals surface area contributed by atoms with E-state index in [2.05, 4.69) is 14.8 Å². The Hall–Kier alpha value is -2.80. The molecule has 3 aromatic rings. The van der Waals surface area contributed by atoms with E-state index >= 15 is 0 Å². The second-order valence-corrected chi connectivity index (χ2v) is 9.48. The van der Waals surface area contributed by atoms with Gasteiger partial charge in [0, 0.05) is 23.9 Å². The lowest BCUT2D eigenvalue weighted by Crippen LogP contribution is -2.35. The first-order valence-electron chi connectivity index (χ1n) is 10.2. The number of hydrogen-bond donors (Lipinski definition) is 1. The van der Waals surface area contributed by atoms with Crippen molar-refractivity contribution in [3.8, 4) is 6.07 Å². The Balaban J connectivity index is 1.24. The number of piperidine rings is 1. The van der Waals surface area contributed by atoms with Gasteiger partial charge in [-0.25, -0.2) is 17.5 Å². The smallest absolute Gasteiger partial charge is 0.240 e. The molecule has 1 aliphatic heterocycles. The van der Waals surface area contributed by atoms with Gasteiger partial charge >= 0.3 is 0 Å². The summed E-state index contributed by atoms with van der Waals surface area (Å²) in [5.41, 5.74) is 1.68. The highest BCUT2D eigenvalue weighted by atomic mass is 32.2. The number of likely N-dealkylation sites (tertiary alicyclic amines) is 1. The van der Waals surface area contributed by atoms with Crippen molar-refractivity contribution in [2.45, 2.75) is 30.1 Å². The van der Waals surface area contributed by atoms with Crippen molar-refractivity contribution in [1.82, 2.24) is 14.8 Å². The molecule has 1 fully saturated rings. The third-order valence-electron chi connectivity index (χ3n) is 5.65. The minimum absolute atomic E-state index is 0.104. The van der Waals surface area contributed by atoms with Crippen molar-refractivity contribution in [2.75, 3.05) is 26.2 Å². The van der Waals surface area contributed by atoms with Gasteiger partial charge in [-0.1, -0.05) is 11.2 Å². The first-order valence-corrected chi connectivity index (χ1v) is 11.7. The molecule has 0 atom stereocenters. The second kappa shape index (κ2) is 9.14. The van der Waals surface area contributed by atoms with Crippen LogP contribution in [0.25, 0.3) is 11.0 Å². The molecule has 2 heterocycles. The van der Waals surface area contributed by atoms with E-state index in [1.165, 1.54) is 24.3 Å². The molecular weight excluding hydrogens is 419 g/mol. The number of fused-ring (bicyclic) bond motifs is 1. The Bertz CT molecular complexity index is 1210. The molecule has 1 saturated heterocycles. The molecule has 0 unspecified atom stereocenters. The number of aromatic nitrogens is 1. The normalized spacial score (nSPS) is 15.9. The molecule has 4 rings (SSSR count). The minimum Gasteiger partial charge on any atom is -0.356 e. The molecule has 0 radical (unpaired) electrons. The van der Waals surface area contributed by atoms with Crippen LogP contribution in [0.2, 0.25) is 0 Å². The molecular formula is C22H23FN4O3S. The maximum absolute atomic E-state index is 13.3. The van der Waals surface area contributed by atoms with Crippen LogP contribution >= 0.6 is 0 Å². The number of benzene rings is 2. The molecule has 0 spiro atoms. The summed E-state index contributed by atoms with van der Waals surface area (Å²) < 4.78 is 46.0. The summed E-state index contributed by atoms with van der Waals surface area (Å²) in [6, 6.07) is 12.4. The monoisotopic (exact) mass is 442 g/mol. The summed E-state index contributed by atoms with van der Waals surface area (Å²) in [5.74, 6) is -0.0627. The maximum Gasteiger partial charge on any atom is 0.240 e. The van der Waals surface area contributed by atoms with Crippen LogP contribution in [0.5, 0.6) is 0 Å². The van der Waals surface area contributed by atoms with Crippen LogP contribution in [-0.2, 0) is 10.0 Å². The first kappa shape index (κ1) is 21.4. The number of nitrogens with zero attached hydrogens (tertiary/aromatic N) is 3. The Labute approximate surface area is 180 Å². The van der Waals surface area contributed by atoms with E-state index in [1.54, 1.807) is 18.2 Å². The van der Waals surface area contributed by atoms with E-state index in [4.69, 9.17) is 9.78 Å². The summed E-state index contributed by atoms with van der Waals surface area (Å²) >= 11 is 0. The SMILES string of the molecule is N#Cc1cccc(S(=O)(=O)NCCCN2CCC(c3noc4cc(F)ccc34)CC2)c1. The van der Waals surface area contributed by atoms with E-state index in [9.17, 15) is 12.8 Å². The zero-order valence-electron chi connectivity index (χ0n) is 16.9. The van der Waals surface area contributed by atoms with Gasteiger partial charge in [-0.05, 0) is 69.2 Å². The molecule has 1 aliphatic rings. The summed E-state index contributed by atoms with van der Waals surface area (Å²) in [6.07, 6.45) is 2.53. The van der Waals surface area contributed by atoms with Gasteiger partial charge < -0.3 is 9.42 Å². The molecule has 7 nitrogen and oxygen atoms in total. The molecule has 9 heteroatoms. The zero-order chi connectivity index (χ0) is 21.8. The lowest BCUT2D eigenvalue weighted by atomic mass is 9.91. The standard InChI is InChI=1S/C22H23FN4O3S/c23-18-5-6-20-21(14-18)30-26-22(20)17-7-11-27(12-8-17)10-2-9-25-31(28,29)19-4-1-3-16(13-19)15-24/h1,3-6,13-14,17,25H,2,7-12H2. The van der Waals surface area contributed by atoms with Crippen molar-refractivity contribution < 1.29 is 17.3 Å². The molecule has 1 aromatic heterocycles. The summed E-state index contributed by atoms with van der Waals surface area (Å²) in [4.78, 5) is 2.41. The van der Waals surface area contributed by atoms with Crippen LogP contribution in [0.3, 0.4) is 0 Å². The van der Waals surface area contributed by atoms with Gasteiger partial charge in [0.15, 0.2) is 5.58 Å². The molecule has 162 valence electrons. The van der Waals surface area contributed by atoms with Crippen LogP contribution < -0.4 is 4.72 Å². The Morgan fingerprint density at radius 3 is 2.81 bits per heavy atom. The lowest BCUT2D eigenvalue weighted by Gasteiger charge is -2.31. The van der Waals surface area contributed by atoms with Gasteiger partial charge in [-0.3, -0.25) is 0 Å². The fourth-order valence-electron chi connectivity index (χ4n) is 3.98. The van der Waals surface area contributed by atoms with Crippen LogP contribution in [0.1, 0.15) is 36.4 Å². The largest absolute Gasteiger partial charge is 0.356 e. The lowest BCUT2D eigenvalue weighted by molar-refractivity contribution is 0.208. The molecule has 0 amide bonds. The molecule has 31 heavy (non-hydrogen) atoms.